The smallest absolute Gasteiger partial charge is 0.407 e. The minimum absolute atomic E-state index is 0.187. The Bertz CT molecular complexity index is 516. The standard InChI is InChI=1S/C15H22N2O5/c1-7(2)11(16-15(21)22-4)13(18)17-10-6-5-9(8(10)3)12(17)14(19)20/h7,9-12H,3,5-6H2,1-2,4H3,(H,16,21)(H,19,20). The summed E-state index contributed by atoms with van der Waals surface area (Å²) in [6.07, 6.45) is 0.755. The lowest BCUT2D eigenvalue weighted by Gasteiger charge is -2.35. The lowest BCUT2D eigenvalue weighted by molar-refractivity contribution is -0.153. The molecule has 2 aliphatic rings. The van der Waals surface area contributed by atoms with Gasteiger partial charge in [0.1, 0.15) is 12.1 Å². The second-order valence-corrected chi connectivity index (χ2v) is 6.16. The third kappa shape index (κ3) is 2.55. The van der Waals surface area contributed by atoms with Crippen LogP contribution in [0.5, 0.6) is 0 Å². The summed E-state index contributed by atoms with van der Waals surface area (Å²) in [4.78, 5) is 37.3. The van der Waals surface area contributed by atoms with Gasteiger partial charge >= 0.3 is 12.1 Å². The summed E-state index contributed by atoms with van der Waals surface area (Å²) < 4.78 is 4.55. The summed E-state index contributed by atoms with van der Waals surface area (Å²) in [5.41, 5.74) is 0.807. The Morgan fingerprint density at radius 2 is 2.00 bits per heavy atom. The molecule has 1 aliphatic heterocycles. The SMILES string of the molecule is C=C1C2CCC1N(C(=O)C(NC(=O)OC)C(C)C)C2C(=O)O. The van der Waals surface area contributed by atoms with Crippen molar-refractivity contribution < 1.29 is 24.2 Å². The maximum atomic E-state index is 12.8. The molecule has 0 aromatic heterocycles. The van der Waals surface area contributed by atoms with E-state index in [1.54, 1.807) is 13.8 Å². The number of aliphatic carboxylic acids is 1. The number of nitrogens with one attached hydrogen (secondary N) is 1. The van der Waals surface area contributed by atoms with Crippen molar-refractivity contribution in [3.8, 4) is 0 Å². The number of alkyl carbamates (subject to hydrolysis) is 1. The van der Waals surface area contributed by atoms with Crippen LogP contribution in [0.2, 0.25) is 0 Å². The molecule has 2 fully saturated rings. The predicted molar refractivity (Wildman–Crippen MR) is 78.1 cm³/mol. The topological polar surface area (TPSA) is 95.9 Å². The van der Waals surface area contributed by atoms with Gasteiger partial charge in [0.2, 0.25) is 5.91 Å². The van der Waals surface area contributed by atoms with Crippen LogP contribution in [-0.4, -0.2) is 53.2 Å². The molecule has 2 bridgehead atoms. The van der Waals surface area contributed by atoms with Crippen molar-refractivity contribution in [1.29, 1.82) is 0 Å². The van der Waals surface area contributed by atoms with E-state index in [4.69, 9.17) is 0 Å². The average molecular weight is 310 g/mol. The van der Waals surface area contributed by atoms with E-state index in [0.717, 1.165) is 18.4 Å². The zero-order chi connectivity index (χ0) is 16.6. The predicted octanol–water partition coefficient (Wildman–Crippen LogP) is 0.997. The van der Waals surface area contributed by atoms with Crippen molar-refractivity contribution >= 4 is 18.0 Å². The van der Waals surface area contributed by atoms with E-state index in [1.165, 1.54) is 12.0 Å². The Morgan fingerprint density at radius 3 is 2.50 bits per heavy atom. The molecule has 122 valence electrons. The summed E-state index contributed by atoms with van der Waals surface area (Å²) in [6.45, 7) is 7.53. The molecule has 1 saturated carbocycles. The molecule has 0 spiro atoms. The van der Waals surface area contributed by atoms with Crippen LogP contribution >= 0.6 is 0 Å². The highest BCUT2D eigenvalue weighted by molar-refractivity contribution is 5.91. The first-order valence-electron chi connectivity index (χ1n) is 7.37. The first kappa shape index (κ1) is 16.3. The molecular formula is C15H22N2O5. The van der Waals surface area contributed by atoms with Crippen LogP contribution in [0.3, 0.4) is 0 Å². The molecule has 4 atom stereocenters. The van der Waals surface area contributed by atoms with E-state index in [9.17, 15) is 19.5 Å². The van der Waals surface area contributed by atoms with E-state index in [0.29, 0.717) is 0 Å². The summed E-state index contributed by atoms with van der Waals surface area (Å²) in [5.74, 6) is -1.80. The molecule has 7 heteroatoms. The fraction of sp³-hybridized carbons (Fsp3) is 0.667. The van der Waals surface area contributed by atoms with Crippen molar-refractivity contribution in [2.75, 3.05) is 7.11 Å². The third-order valence-electron chi connectivity index (χ3n) is 4.57. The maximum Gasteiger partial charge on any atom is 0.407 e. The van der Waals surface area contributed by atoms with Crippen molar-refractivity contribution in [2.24, 2.45) is 11.8 Å². The number of rotatable bonds is 4. The molecule has 22 heavy (non-hydrogen) atoms. The highest BCUT2D eigenvalue weighted by Crippen LogP contribution is 2.46. The summed E-state index contributed by atoms with van der Waals surface area (Å²) in [6, 6.07) is -1.96. The Morgan fingerprint density at radius 1 is 1.36 bits per heavy atom. The van der Waals surface area contributed by atoms with E-state index < -0.39 is 24.1 Å². The van der Waals surface area contributed by atoms with Crippen LogP contribution in [0.4, 0.5) is 4.79 Å². The lowest BCUT2D eigenvalue weighted by atomic mass is 9.95. The van der Waals surface area contributed by atoms with Gasteiger partial charge in [-0.15, -0.1) is 0 Å². The molecule has 0 aromatic rings. The average Bonchev–Trinajstić information content (AvgIpc) is 2.96. The van der Waals surface area contributed by atoms with E-state index in [-0.39, 0.29) is 23.8 Å². The molecule has 2 amide bonds. The van der Waals surface area contributed by atoms with Gasteiger partial charge in [-0.05, 0) is 24.3 Å². The van der Waals surface area contributed by atoms with E-state index >= 15 is 0 Å². The lowest BCUT2D eigenvalue weighted by Crippen LogP contribution is -2.57. The van der Waals surface area contributed by atoms with Crippen LogP contribution in [0.15, 0.2) is 12.2 Å². The van der Waals surface area contributed by atoms with Gasteiger partial charge in [0.05, 0.1) is 13.2 Å². The molecule has 1 saturated heterocycles. The second kappa shape index (κ2) is 5.98. The minimum atomic E-state index is -1.03. The van der Waals surface area contributed by atoms with Gasteiger partial charge in [0.25, 0.3) is 0 Å². The normalized spacial score (nSPS) is 27.9. The Kier molecular flexibility index (Phi) is 4.44. The van der Waals surface area contributed by atoms with Crippen molar-refractivity contribution in [3.63, 3.8) is 0 Å². The number of fused-ring (bicyclic) bond motifs is 2. The number of piperidine rings is 1. The Labute approximate surface area is 129 Å². The molecular weight excluding hydrogens is 288 g/mol. The molecule has 7 nitrogen and oxygen atoms in total. The van der Waals surface area contributed by atoms with Crippen molar-refractivity contribution in [1.82, 2.24) is 10.2 Å². The molecule has 4 unspecified atom stereocenters. The molecule has 1 heterocycles. The monoisotopic (exact) mass is 310 g/mol. The van der Waals surface area contributed by atoms with Gasteiger partial charge in [0, 0.05) is 5.92 Å². The maximum absolute atomic E-state index is 12.8. The van der Waals surface area contributed by atoms with Gasteiger partial charge in [-0.2, -0.15) is 0 Å². The Hall–Kier alpha value is -2.05. The summed E-state index contributed by atoms with van der Waals surface area (Å²) in [5, 5.41) is 12.0. The number of amides is 2. The number of carbonyl (C=O) groups is 3. The van der Waals surface area contributed by atoms with Gasteiger partial charge < -0.3 is 20.1 Å². The van der Waals surface area contributed by atoms with Gasteiger partial charge in [-0.3, -0.25) is 4.79 Å². The van der Waals surface area contributed by atoms with Crippen LogP contribution in [0, 0.1) is 11.8 Å². The number of hydrogen-bond donors (Lipinski definition) is 2. The molecule has 0 aromatic carbocycles. The first-order valence-corrected chi connectivity index (χ1v) is 7.37. The molecule has 1 aliphatic carbocycles. The summed E-state index contributed by atoms with van der Waals surface area (Å²) >= 11 is 0. The van der Waals surface area contributed by atoms with Gasteiger partial charge in [-0.1, -0.05) is 20.4 Å². The molecule has 0 radical (unpaired) electrons. The number of carbonyl (C=O) groups excluding carboxylic acids is 2. The first-order chi connectivity index (χ1) is 10.3. The number of carboxylic acid groups (broad SMARTS) is 1. The van der Waals surface area contributed by atoms with Crippen LogP contribution in [0.25, 0.3) is 0 Å². The zero-order valence-electron chi connectivity index (χ0n) is 13.0. The third-order valence-corrected chi connectivity index (χ3v) is 4.57. The Balaban J connectivity index is 2.27. The fourth-order valence-electron chi connectivity index (χ4n) is 3.46. The number of ether oxygens (including phenoxy) is 1. The highest BCUT2D eigenvalue weighted by Gasteiger charge is 2.55. The number of likely N-dealkylation sites (tertiary alicyclic amines) is 1. The number of carboxylic acids is 1. The van der Waals surface area contributed by atoms with Crippen LogP contribution in [-0.2, 0) is 14.3 Å². The molecule has 2 N–H and O–H groups in total. The largest absolute Gasteiger partial charge is 0.480 e. The van der Waals surface area contributed by atoms with Crippen molar-refractivity contribution in [3.05, 3.63) is 12.2 Å². The zero-order valence-corrected chi connectivity index (χ0v) is 13.0. The fourth-order valence-corrected chi connectivity index (χ4v) is 3.46. The van der Waals surface area contributed by atoms with Gasteiger partial charge in [0.15, 0.2) is 0 Å². The number of nitrogens with zero attached hydrogens (tertiary/aromatic N) is 1. The van der Waals surface area contributed by atoms with E-state index in [1.807, 2.05) is 0 Å². The van der Waals surface area contributed by atoms with E-state index in [2.05, 4.69) is 16.6 Å². The second-order valence-electron chi connectivity index (χ2n) is 6.16. The summed E-state index contributed by atoms with van der Waals surface area (Å²) in [7, 11) is 1.22. The van der Waals surface area contributed by atoms with Crippen LogP contribution in [0.1, 0.15) is 26.7 Å². The number of methoxy groups -OCH3 is 1. The quantitative estimate of drug-likeness (QED) is 0.755. The van der Waals surface area contributed by atoms with Crippen molar-refractivity contribution in [2.45, 2.75) is 44.8 Å². The van der Waals surface area contributed by atoms with Crippen LogP contribution < -0.4 is 5.32 Å². The minimum Gasteiger partial charge on any atom is -0.480 e. The number of hydrogen-bond acceptors (Lipinski definition) is 4. The highest BCUT2D eigenvalue weighted by atomic mass is 16.5. The molecule has 2 rings (SSSR count). The van der Waals surface area contributed by atoms with Gasteiger partial charge in [-0.25, -0.2) is 9.59 Å².